The molecule has 0 aromatic heterocycles. The number of amides is 1. The molecule has 17 unspecified atom stereocenters. The van der Waals surface area contributed by atoms with Crippen LogP contribution in [-0.4, -0.2) is 193 Å². The van der Waals surface area contributed by atoms with Gasteiger partial charge in [-0.15, -0.1) is 0 Å². The van der Waals surface area contributed by atoms with Gasteiger partial charge in [-0.05, 0) is 57.8 Å². The Morgan fingerprint density at radius 3 is 1.08 bits per heavy atom. The molecule has 3 rings (SSSR count). The van der Waals surface area contributed by atoms with E-state index in [0.29, 0.717) is 12.8 Å². The van der Waals surface area contributed by atoms with Gasteiger partial charge < -0.3 is 89.9 Å². The van der Waals surface area contributed by atoms with E-state index in [-0.39, 0.29) is 18.9 Å². The number of ether oxygens (including phenoxy) is 6. The molecule has 3 heterocycles. The van der Waals surface area contributed by atoms with E-state index in [1.165, 1.54) is 212 Å². The molecule has 19 heteroatoms. The van der Waals surface area contributed by atoms with Crippen LogP contribution in [-0.2, 0) is 33.2 Å². The van der Waals surface area contributed by atoms with Crippen LogP contribution in [0.25, 0.3) is 0 Å². The van der Waals surface area contributed by atoms with Crippen molar-refractivity contribution in [1.82, 2.24) is 5.32 Å². The number of carbonyl (C=O) groups excluding carboxylic acids is 1. The third-order valence-electron chi connectivity index (χ3n) is 18.9. The summed E-state index contributed by atoms with van der Waals surface area (Å²) in [5.41, 5.74) is 0. The predicted octanol–water partition coefficient (Wildman–Crippen LogP) is 11.2. The Balaban J connectivity index is 1.40. The standard InChI is InChI=1S/C74H137NO18/c1-3-5-7-9-11-13-15-17-19-21-22-23-24-25-26-27-28-29-30-31-32-33-34-36-37-39-41-43-45-47-49-51-58(79)57(75-62(80)52-50-48-46-44-42-40-38-35-20-18-16-14-12-10-8-6-4-2)56-88-72-68(86)65(83)70(60(54-77)90-72)93-74-69(87)66(84)71(61(55-78)91-74)92-73-67(85)64(82)63(81)59(53-76)89-73/h18,20,41,43,49,51,57-61,63-74,76-79,81-87H,3-17,19,21-40,42,44-48,50,52-56H2,1-2H3,(H,75,80)/b20-18-,43-41+,51-49+. The number of hydrogen-bond acceptors (Lipinski definition) is 18. The van der Waals surface area contributed by atoms with Crippen LogP contribution in [0.4, 0.5) is 0 Å². The van der Waals surface area contributed by atoms with Crippen molar-refractivity contribution in [2.75, 3.05) is 26.4 Å². The summed E-state index contributed by atoms with van der Waals surface area (Å²) in [5.74, 6) is -0.287. The third kappa shape index (κ3) is 37.1. The number of allylic oxidation sites excluding steroid dienone is 5. The lowest BCUT2D eigenvalue weighted by molar-refractivity contribution is -0.379. The van der Waals surface area contributed by atoms with Gasteiger partial charge in [-0.25, -0.2) is 0 Å². The van der Waals surface area contributed by atoms with E-state index in [9.17, 15) is 61.0 Å². The third-order valence-corrected chi connectivity index (χ3v) is 18.9. The molecule has 19 nitrogen and oxygen atoms in total. The number of aliphatic hydroxyl groups is 11. The monoisotopic (exact) mass is 1330 g/mol. The van der Waals surface area contributed by atoms with Crippen LogP contribution < -0.4 is 5.32 Å². The van der Waals surface area contributed by atoms with Gasteiger partial charge in [0, 0.05) is 6.42 Å². The summed E-state index contributed by atoms with van der Waals surface area (Å²) in [5, 5.41) is 121. The molecule has 0 radical (unpaired) electrons. The van der Waals surface area contributed by atoms with Gasteiger partial charge in [0.25, 0.3) is 0 Å². The Kier molecular flexibility index (Phi) is 51.2. The Labute approximate surface area is 561 Å². The average molecular weight is 1330 g/mol. The highest BCUT2D eigenvalue weighted by Gasteiger charge is 2.53. The van der Waals surface area contributed by atoms with Crippen molar-refractivity contribution < 1.29 is 89.4 Å². The average Bonchev–Trinajstić information content (AvgIpc) is 0.815. The number of hydrogen-bond donors (Lipinski definition) is 12. The molecule has 0 aromatic rings. The molecular formula is C74H137NO18. The molecule has 3 saturated heterocycles. The molecule has 0 saturated carbocycles. The molecule has 3 fully saturated rings. The SMILES string of the molecule is CCCCCCCC/C=C\CCCCCCCCCC(=O)NC(COC1OC(CO)C(OC2OC(CO)C(OC3OC(CO)C(O)C(O)C3O)C(O)C2O)C(O)C1O)C(O)/C=C/CC/C=C/CCCCCCCCCCCCCCCCCCCCCCCCCCC. The van der Waals surface area contributed by atoms with E-state index in [1.54, 1.807) is 6.08 Å². The van der Waals surface area contributed by atoms with Crippen molar-refractivity contribution in [3.05, 3.63) is 36.5 Å². The lowest BCUT2D eigenvalue weighted by Gasteiger charge is -2.48. The van der Waals surface area contributed by atoms with Gasteiger partial charge in [-0.2, -0.15) is 0 Å². The molecule has 17 atom stereocenters. The maximum absolute atomic E-state index is 13.4. The molecule has 1 amide bonds. The Morgan fingerprint density at radius 2 is 0.688 bits per heavy atom. The molecule has 0 aliphatic carbocycles. The smallest absolute Gasteiger partial charge is 0.220 e. The van der Waals surface area contributed by atoms with Gasteiger partial charge in [0.1, 0.15) is 73.2 Å². The van der Waals surface area contributed by atoms with Gasteiger partial charge in [0.15, 0.2) is 18.9 Å². The van der Waals surface area contributed by atoms with Crippen molar-refractivity contribution in [3.63, 3.8) is 0 Å². The summed E-state index contributed by atoms with van der Waals surface area (Å²) < 4.78 is 34.4. The van der Waals surface area contributed by atoms with Crippen molar-refractivity contribution in [1.29, 1.82) is 0 Å². The zero-order valence-corrected chi connectivity index (χ0v) is 58.0. The molecule has 3 aliphatic heterocycles. The van der Waals surface area contributed by atoms with Crippen LogP contribution in [0.15, 0.2) is 36.5 Å². The molecule has 546 valence electrons. The van der Waals surface area contributed by atoms with E-state index in [1.807, 2.05) is 6.08 Å². The molecule has 0 bridgehead atoms. The maximum atomic E-state index is 13.4. The van der Waals surface area contributed by atoms with Crippen LogP contribution in [0.2, 0.25) is 0 Å². The van der Waals surface area contributed by atoms with Crippen LogP contribution >= 0.6 is 0 Å². The van der Waals surface area contributed by atoms with Gasteiger partial charge in [-0.3, -0.25) is 4.79 Å². The first-order valence-electron chi connectivity index (χ1n) is 37.7. The second-order valence-corrected chi connectivity index (χ2v) is 27.1. The maximum Gasteiger partial charge on any atom is 0.220 e. The summed E-state index contributed by atoms with van der Waals surface area (Å²) in [6.45, 7) is 1.74. The molecule has 93 heavy (non-hydrogen) atoms. The summed E-state index contributed by atoms with van der Waals surface area (Å²) >= 11 is 0. The van der Waals surface area contributed by atoms with E-state index < -0.39 is 124 Å². The summed E-state index contributed by atoms with van der Waals surface area (Å²) in [6, 6.07) is -0.993. The van der Waals surface area contributed by atoms with Crippen LogP contribution in [0.5, 0.6) is 0 Å². The number of aliphatic hydroxyl groups excluding tert-OH is 11. The zero-order valence-electron chi connectivity index (χ0n) is 58.0. The summed E-state index contributed by atoms with van der Waals surface area (Å²) in [4.78, 5) is 13.4. The highest BCUT2D eigenvalue weighted by molar-refractivity contribution is 5.76. The fourth-order valence-electron chi connectivity index (χ4n) is 12.8. The molecule has 0 spiro atoms. The first-order valence-corrected chi connectivity index (χ1v) is 37.7. The van der Waals surface area contributed by atoms with Gasteiger partial charge >= 0.3 is 0 Å². The summed E-state index contributed by atoms with van der Waals surface area (Å²) in [7, 11) is 0. The molecular weight excluding hydrogens is 1190 g/mol. The highest BCUT2D eigenvalue weighted by Crippen LogP contribution is 2.33. The molecule has 3 aliphatic rings. The minimum absolute atomic E-state index is 0.231. The van der Waals surface area contributed by atoms with Crippen molar-refractivity contribution in [3.8, 4) is 0 Å². The van der Waals surface area contributed by atoms with Crippen molar-refractivity contribution >= 4 is 5.91 Å². The largest absolute Gasteiger partial charge is 0.394 e. The van der Waals surface area contributed by atoms with Gasteiger partial charge in [-0.1, -0.05) is 269 Å². The topological polar surface area (TPSA) is 307 Å². The first-order chi connectivity index (χ1) is 45.3. The van der Waals surface area contributed by atoms with Gasteiger partial charge in [0.05, 0.1) is 38.6 Å². The second kappa shape index (κ2) is 55.8. The number of carbonyl (C=O) groups is 1. The van der Waals surface area contributed by atoms with Crippen molar-refractivity contribution in [2.45, 2.75) is 401 Å². The van der Waals surface area contributed by atoms with E-state index in [0.717, 1.165) is 51.4 Å². The number of unbranched alkanes of at least 4 members (excludes halogenated alkanes) is 39. The van der Waals surface area contributed by atoms with Crippen LogP contribution in [0.1, 0.15) is 296 Å². The Hall–Kier alpha value is -1.99. The zero-order chi connectivity index (χ0) is 67.5. The van der Waals surface area contributed by atoms with E-state index in [2.05, 4.69) is 43.5 Å². The number of nitrogens with one attached hydrogen (secondary N) is 1. The highest BCUT2D eigenvalue weighted by atomic mass is 16.8. The Bertz CT molecular complexity index is 1830. The lowest BCUT2D eigenvalue weighted by Crippen LogP contribution is -2.66. The van der Waals surface area contributed by atoms with Crippen LogP contribution in [0.3, 0.4) is 0 Å². The quantitative estimate of drug-likeness (QED) is 0.0199. The number of rotatable bonds is 59. The fourth-order valence-corrected chi connectivity index (χ4v) is 12.8. The normalized spacial score (nSPS) is 27.7. The van der Waals surface area contributed by atoms with E-state index >= 15 is 0 Å². The predicted molar refractivity (Wildman–Crippen MR) is 365 cm³/mol. The van der Waals surface area contributed by atoms with Crippen molar-refractivity contribution in [2.24, 2.45) is 0 Å². The second-order valence-electron chi connectivity index (χ2n) is 27.1. The minimum atomic E-state index is -1.98. The lowest BCUT2D eigenvalue weighted by atomic mass is 9.96. The molecule has 12 N–H and O–H groups in total. The van der Waals surface area contributed by atoms with E-state index in [4.69, 9.17) is 28.4 Å². The fraction of sp³-hybridized carbons (Fsp3) is 0.905. The summed E-state index contributed by atoms with van der Waals surface area (Å²) in [6.07, 6.45) is 40.0. The minimum Gasteiger partial charge on any atom is -0.394 e. The molecule has 0 aromatic carbocycles. The van der Waals surface area contributed by atoms with Crippen LogP contribution in [0, 0.1) is 0 Å². The van der Waals surface area contributed by atoms with Gasteiger partial charge in [0.2, 0.25) is 5.91 Å². The Morgan fingerprint density at radius 1 is 0.376 bits per heavy atom. The first kappa shape index (κ1) is 85.2.